The van der Waals surface area contributed by atoms with Gasteiger partial charge in [-0.2, -0.15) is 0 Å². The van der Waals surface area contributed by atoms with Gasteiger partial charge < -0.3 is 0 Å². The van der Waals surface area contributed by atoms with Crippen molar-refractivity contribution >= 4 is 0 Å². The van der Waals surface area contributed by atoms with E-state index < -0.39 is 0 Å². The Balaban J connectivity index is 2.40. The van der Waals surface area contributed by atoms with Crippen LogP contribution in [0.15, 0.2) is 0 Å². The van der Waals surface area contributed by atoms with Crippen LogP contribution in [0, 0.1) is 5.41 Å². The molecule has 1 nitrogen and oxygen atoms in total. The highest BCUT2D eigenvalue weighted by molar-refractivity contribution is 4.80. The predicted octanol–water partition coefficient (Wildman–Crippen LogP) is 3.69. The minimum absolute atomic E-state index is 0.483. The highest BCUT2D eigenvalue weighted by atomic mass is 15.2. The molecule has 1 heteroatoms. The lowest BCUT2D eigenvalue weighted by atomic mass is 9.90. The molecule has 0 bridgehead atoms. The Kier molecular flexibility index (Phi) is 4.00. The minimum atomic E-state index is 0.483. The summed E-state index contributed by atoms with van der Waals surface area (Å²) in [6.07, 6.45) is 5.54. The van der Waals surface area contributed by atoms with Crippen molar-refractivity contribution in [1.29, 1.82) is 0 Å². The summed E-state index contributed by atoms with van der Waals surface area (Å²) in [5.41, 5.74) is 0.483. The minimum Gasteiger partial charge on any atom is -0.298 e. The average molecular weight is 197 g/mol. The first-order valence-electron chi connectivity index (χ1n) is 6.16. The van der Waals surface area contributed by atoms with Crippen LogP contribution in [0.25, 0.3) is 0 Å². The summed E-state index contributed by atoms with van der Waals surface area (Å²) in [5, 5.41) is 0. The van der Waals surface area contributed by atoms with E-state index in [0.717, 1.165) is 12.1 Å². The molecule has 0 spiro atoms. The molecule has 2 unspecified atom stereocenters. The van der Waals surface area contributed by atoms with Crippen LogP contribution in [0.4, 0.5) is 0 Å². The van der Waals surface area contributed by atoms with Crippen molar-refractivity contribution in [3.63, 3.8) is 0 Å². The Morgan fingerprint density at radius 3 is 2.00 bits per heavy atom. The van der Waals surface area contributed by atoms with Crippen LogP contribution < -0.4 is 0 Å². The molecule has 1 fully saturated rings. The van der Waals surface area contributed by atoms with Crippen molar-refractivity contribution in [3.8, 4) is 0 Å². The molecule has 0 aromatic carbocycles. The van der Waals surface area contributed by atoms with Crippen molar-refractivity contribution < 1.29 is 0 Å². The molecule has 84 valence electrons. The van der Waals surface area contributed by atoms with Crippen molar-refractivity contribution in [1.82, 2.24) is 4.90 Å². The molecule has 0 aliphatic carbocycles. The lowest BCUT2D eigenvalue weighted by Gasteiger charge is -2.40. The van der Waals surface area contributed by atoms with Gasteiger partial charge in [-0.25, -0.2) is 0 Å². The first kappa shape index (κ1) is 12.0. The fourth-order valence-electron chi connectivity index (χ4n) is 2.38. The third kappa shape index (κ3) is 3.61. The second-order valence-corrected chi connectivity index (χ2v) is 6.18. The molecule has 0 aromatic rings. The third-order valence-corrected chi connectivity index (χ3v) is 3.50. The third-order valence-electron chi connectivity index (χ3n) is 3.50. The van der Waals surface area contributed by atoms with E-state index in [-0.39, 0.29) is 0 Å². The van der Waals surface area contributed by atoms with Gasteiger partial charge in [0.2, 0.25) is 0 Å². The van der Waals surface area contributed by atoms with Crippen LogP contribution >= 0.6 is 0 Å². The molecule has 1 heterocycles. The molecular formula is C13H27N. The molecule has 0 aromatic heterocycles. The molecule has 2 atom stereocenters. The molecule has 14 heavy (non-hydrogen) atoms. The first-order chi connectivity index (χ1) is 6.40. The van der Waals surface area contributed by atoms with Gasteiger partial charge in [0.05, 0.1) is 0 Å². The summed E-state index contributed by atoms with van der Waals surface area (Å²) in [5.74, 6) is 0. The summed E-state index contributed by atoms with van der Waals surface area (Å²) >= 11 is 0. The van der Waals surface area contributed by atoms with Gasteiger partial charge in [0.15, 0.2) is 0 Å². The topological polar surface area (TPSA) is 3.24 Å². The Bertz CT molecular complexity index is 159. The van der Waals surface area contributed by atoms with Gasteiger partial charge in [-0.1, -0.05) is 27.2 Å². The summed E-state index contributed by atoms with van der Waals surface area (Å²) < 4.78 is 0. The SMILES string of the molecule is CC1CCCC(C)N1CCC(C)(C)C. The zero-order valence-corrected chi connectivity index (χ0v) is 10.6. The number of hydrogen-bond donors (Lipinski definition) is 0. The molecular weight excluding hydrogens is 170 g/mol. The maximum absolute atomic E-state index is 2.70. The molecule has 1 saturated heterocycles. The average Bonchev–Trinajstić information content (AvgIpc) is 2.01. The van der Waals surface area contributed by atoms with Crippen LogP contribution in [-0.4, -0.2) is 23.5 Å². The number of hydrogen-bond acceptors (Lipinski definition) is 1. The lowest BCUT2D eigenvalue weighted by molar-refractivity contribution is 0.0896. The number of nitrogens with zero attached hydrogens (tertiary/aromatic N) is 1. The molecule has 1 rings (SSSR count). The molecule has 1 aliphatic rings. The highest BCUT2D eigenvalue weighted by Gasteiger charge is 2.25. The van der Waals surface area contributed by atoms with E-state index in [1.54, 1.807) is 0 Å². The van der Waals surface area contributed by atoms with E-state index in [1.807, 2.05) is 0 Å². The molecule has 0 amide bonds. The van der Waals surface area contributed by atoms with E-state index >= 15 is 0 Å². The van der Waals surface area contributed by atoms with E-state index in [2.05, 4.69) is 39.5 Å². The zero-order chi connectivity index (χ0) is 10.8. The quantitative estimate of drug-likeness (QED) is 0.652. The molecule has 0 saturated carbocycles. The number of likely N-dealkylation sites (tertiary alicyclic amines) is 1. The highest BCUT2D eigenvalue weighted by Crippen LogP contribution is 2.26. The van der Waals surface area contributed by atoms with Crippen molar-refractivity contribution in [3.05, 3.63) is 0 Å². The summed E-state index contributed by atoms with van der Waals surface area (Å²) in [6, 6.07) is 1.61. The number of rotatable bonds is 2. The fraction of sp³-hybridized carbons (Fsp3) is 1.00. The van der Waals surface area contributed by atoms with E-state index in [9.17, 15) is 0 Å². The molecule has 1 aliphatic heterocycles. The lowest BCUT2D eigenvalue weighted by Crippen LogP contribution is -2.44. The van der Waals surface area contributed by atoms with E-state index in [0.29, 0.717) is 5.41 Å². The zero-order valence-electron chi connectivity index (χ0n) is 10.6. The maximum atomic E-state index is 2.70. The van der Waals surface area contributed by atoms with Crippen LogP contribution in [0.1, 0.15) is 60.3 Å². The largest absolute Gasteiger partial charge is 0.298 e. The Labute approximate surface area is 89.9 Å². The predicted molar refractivity (Wildman–Crippen MR) is 63.6 cm³/mol. The molecule has 0 radical (unpaired) electrons. The Morgan fingerprint density at radius 1 is 1.07 bits per heavy atom. The van der Waals surface area contributed by atoms with Gasteiger partial charge in [0.25, 0.3) is 0 Å². The normalized spacial score (nSPS) is 30.6. The van der Waals surface area contributed by atoms with Gasteiger partial charge in [0, 0.05) is 12.1 Å². The van der Waals surface area contributed by atoms with Gasteiger partial charge in [-0.05, 0) is 45.1 Å². The van der Waals surface area contributed by atoms with Crippen LogP contribution in [0.2, 0.25) is 0 Å². The smallest absolute Gasteiger partial charge is 0.00697 e. The Hall–Kier alpha value is -0.0400. The second-order valence-electron chi connectivity index (χ2n) is 6.18. The van der Waals surface area contributed by atoms with Gasteiger partial charge in [0.1, 0.15) is 0 Å². The van der Waals surface area contributed by atoms with Crippen LogP contribution in [0.5, 0.6) is 0 Å². The fourth-order valence-corrected chi connectivity index (χ4v) is 2.38. The monoisotopic (exact) mass is 197 g/mol. The summed E-state index contributed by atoms with van der Waals surface area (Å²) in [6.45, 7) is 13.1. The Morgan fingerprint density at radius 2 is 1.57 bits per heavy atom. The maximum Gasteiger partial charge on any atom is 0.00697 e. The van der Waals surface area contributed by atoms with Gasteiger partial charge in [-0.15, -0.1) is 0 Å². The molecule has 0 N–H and O–H groups in total. The van der Waals surface area contributed by atoms with Crippen molar-refractivity contribution in [2.75, 3.05) is 6.54 Å². The van der Waals surface area contributed by atoms with Crippen LogP contribution in [-0.2, 0) is 0 Å². The van der Waals surface area contributed by atoms with Crippen molar-refractivity contribution in [2.45, 2.75) is 72.4 Å². The van der Waals surface area contributed by atoms with Crippen LogP contribution in [0.3, 0.4) is 0 Å². The van der Waals surface area contributed by atoms with Crippen molar-refractivity contribution in [2.24, 2.45) is 5.41 Å². The first-order valence-corrected chi connectivity index (χ1v) is 6.16. The summed E-state index contributed by atoms with van der Waals surface area (Å²) in [7, 11) is 0. The second kappa shape index (κ2) is 4.65. The number of piperidine rings is 1. The van der Waals surface area contributed by atoms with E-state index in [4.69, 9.17) is 0 Å². The van der Waals surface area contributed by atoms with E-state index in [1.165, 1.54) is 32.2 Å². The van der Waals surface area contributed by atoms with Gasteiger partial charge in [-0.3, -0.25) is 4.90 Å². The van der Waals surface area contributed by atoms with Gasteiger partial charge >= 0.3 is 0 Å². The standard InChI is InChI=1S/C13H27N/c1-11-7-6-8-12(2)14(11)10-9-13(3,4)5/h11-12H,6-10H2,1-5H3. The summed E-state index contributed by atoms with van der Waals surface area (Å²) in [4.78, 5) is 2.70.